The van der Waals surface area contributed by atoms with Gasteiger partial charge in [-0.1, -0.05) is 97.4 Å². The number of hydrogen-bond donors (Lipinski definition) is 4. The summed E-state index contributed by atoms with van der Waals surface area (Å²) in [7, 11) is 8.53. The molecule has 1 fully saturated rings. The number of amides is 5. The molecule has 5 N–H and O–H groups in total. The Morgan fingerprint density at radius 2 is 1.46 bits per heavy atom. The Kier molecular flexibility index (Phi) is 20.2. The fourth-order valence-electron chi connectivity index (χ4n) is 8.72. The zero-order valence-electron chi connectivity index (χ0n) is 38.8. The summed E-state index contributed by atoms with van der Waals surface area (Å²) in [5, 5.41) is 9.00. The number of nitrogens with one attached hydrogen (secondary N) is 3. The van der Waals surface area contributed by atoms with Gasteiger partial charge in [-0.05, 0) is 68.0 Å². The molecular formula is C47H75N7O7. The predicted molar refractivity (Wildman–Crippen MR) is 240 cm³/mol. The van der Waals surface area contributed by atoms with Gasteiger partial charge in [0.05, 0.1) is 42.7 Å². The molecule has 0 spiro atoms. The van der Waals surface area contributed by atoms with Crippen molar-refractivity contribution in [1.82, 2.24) is 30.7 Å². The topological polar surface area (TPSA) is 176 Å². The van der Waals surface area contributed by atoms with E-state index < -0.39 is 48.3 Å². The van der Waals surface area contributed by atoms with E-state index >= 15 is 0 Å². The maximum Gasteiger partial charge on any atom is 0.245 e. The van der Waals surface area contributed by atoms with Crippen molar-refractivity contribution in [3.05, 3.63) is 65.7 Å². The molecule has 0 saturated carbocycles. The first-order chi connectivity index (χ1) is 28.9. The maximum atomic E-state index is 14.4. The van der Waals surface area contributed by atoms with Gasteiger partial charge in [0.25, 0.3) is 0 Å². The second-order valence-corrected chi connectivity index (χ2v) is 17.7. The zero-order valence-corrected chi connectivity index (χ0v) is 38.8. The molecule has 1 aliphatic heterocycles. The molecule has 2 aromatic carbocycles. The van der Waals surface area contributed by atoms with E-state index in [4.69, 9.17) is 15.2 Å². The van der Waals surface area contributed by atoms with Crippen LogP contribution >= 0.6 is 0 Å². The third-order valence-electron chi connectivity index (χ3n) is 12.3. The van der Waals surface area contributed by atoms with Crippen molar-refractivity contribution >= 4 is 35.2 Å². The summed E-state index contributed by atoms with van der Waals surface area (Å²) in [6.07, 6.45) is 1.04. The molecule has 0 aliphatic carbocycles. The number of likely N-dealkylation sites (N-methyl/N-ethyl adjacent to an activating group) is 2. The SMILES string of the molecule is CCC(C)[C@@H]([C@@H](CC(=O)N1CCC[C@H]1[C@H](OC)[C@@H](C)C(=O)N[C@@H](Cc1ccccc1)C(=O)NCc1ccc(N)cc1)OC)N(C)C(=O)[C@@H](NC(=O)[C@H](C(C)C)N(C)C)C(C)C. The van der Waals surface area contributed by atoms with Crippen molar-refractivity contribution < 1.29 is 33.4 Å². The Morgan fingerprint density at radius 3 is 2.00 bits per heavy atom. The summed E-state index contributed by atoms with van der Waals surface area (Å²) >= 11 is 0. The number of nitrogens with zero attached hydrogens (tertiary/aromatic N) is 3. The van der Waals surface area contributed by atoms with Crippen LogP contribution in [0, 0.1) is 23.7 Å². The van der Waals surface area contributed by atoms with Gasteiger partial charge in [0.15, 0.2) is 0 Å². The van der Waals surface area contributed by atoms with Gasteiger partial charge in [-0.3, -0.25) is 28.9 Å². The standard InChI is InChI=1S/C47H75N7O7/c1-13-31(6)42(53(10)47(59)40(29(2)3)51-46(58)41(30(4)5)52(8)9)38(60-11)27-39(55)54-25-17-20-37(54)43(61-12)32(7)44(56)50-36(26-33-18-15-14-16-19-33)45(57)49-28-34-21-23-35(48)24-22-34/h14-16,18-19,21-24,29-32,36-38,40-43H,13,17,20,25-28,48H2,1-12H3,(H,49,57)(H,50,56)(H,51,58)/t31?,32-,36+,37+,38-,40+,41+,42+,43-/m1/s1. The lowest BCUT2D eigenvalue weighted by Gasteiger charge is -2.41. The van der Waals surface area contributed by atoms with E-state index in [0.29, 0.717) is 18.7 Å². The summed E-state index contributed by atoms with van der Waals surface area (Å²) in [6, 6.07) is 13.8. The van der Waals surface area contributed by atoms with E-state index in [9.17, 15) is 24.0 Å². The van der Waals surface area contributed by atoms with Crippen LogP contribution in [0.15, 0.2) is 54.6 Å². The van der Waals surface area contributed by atoms with Gasteiger partial charge in [-0.25, -0.2) is 0 Å². The monoisotopic (exact) mass is 850 g/mol. The number of anilines is 1. The average molecular weight is 850 g/mol. The molecule has 1 unspecified atom stereocenters. The quantitative estimate of drug-likeness (QED) is 0.119. The second kappa shape index (κ2) is 24.2. The van der Waals surface area contributed by atoms with Gasteiger partial charge in [-0.2, -0.15) is 0 Å². The molecule has 1 heterocycles. The number of ether oxygens (including phenoxy) is 2. The fourth-order valence-corrected chi connectivity index (χ4v) is 8.72. The van der Waals surface area contributed by atoms with E-state index in [1.807, 2.05) is 103 Å². The number of rotatable bonds is 23. The normalized spacial score (nSPS) is 18.1. The maximum absolute atomic E-state index is 14.4. The summed E-state index contributed by atoms with van der Waals surface area (Å²) in [5.41, 5.74) is 8.23. The first-order valence-electron chi connectivity index (χ1n) is 21.9. The van der Waals surface area contributed by atoms with Crippen LogP contribution in [0.2, 0.25) is 0 Å². The average Bonchev–Trinajstić information content (AvgIpc) is 3.71. The van der Waals surface area contributed by atoms with Gasteiger partial charge in [0, 0.05) is 46.5 Å². The van der Waals surface area contributed by atoms with Crippen molar-refractivity contribution in [3.63, 3.8) is 0 Å². The molecule has 0 aromatic heterocycles. The number of methoxy groups -OCH3 is 2. The highest BCUT2D eigenvalue weighted by Crippen LogP contribution is 2.30. The number of benzene rings is 2. The first-order valence-corrected chi connectivity index (χ1v) is 21.9. The smallest absolute Gasteiger partial charge is 0.245 e. The van der Waals surface area contributed by atoms with Crippen LogP contribution < -0.4 is 21.7 Å². The van der Waals surface area contributed by atoms with Crippen LogP contribution in [0.25, 0.3) is 0 Å². The number of hydrogen-bond acceptors (Lipinski definition) is 9. The van der Waals surface area contributed by atoms with Gasteiger partial charge in [-0.15, -0.1) is 0 Å². The molecule has 1 aliphatic rings. The van der Waals surface area contributed by atoms with Crippen LogP contribution in [0.3, 0.4) is 0 Å². The third kappa shape index (κ3) is 14.0. The van der Waals surface area contributed by atoms with Gasteiger partial charge in [0.1, 0.15) is 12.1 Å². The summed E-state index contributed by atoms with van der Waals surface area (Å²) in [4.78, 5) is 75.2. The van der Waals surface area contributed by atoms with Gasteiger partial charge < -0.3 is 41.0 Å². The zero-order chi connectivity index (χ0) is 45.6. The van der Waals surface area contributed by atoms with Crippen molar-refractivity contribution in [2.75, 3.05) is 47.6 Å². The van der Waals surface area contributed by atoms with Crippen LogP contribution in [0.4, 0.5) is 5.69 Å². The lowest BCUT2D eigenvalue weighted by Crippen LogP contribution is -2.59. The molecule has 14 heteroatoms. The Morgan fingerprint density at radius 1 is 0.820 bits per heavy atom. The van der Waals surface area contributed by atoms with E-state index in [-0.39, 0.29) is 66.7 Å². The molecule has 1 saturated heterocycles. The molecule has 0 bridgehead atoms. The molecular weight excluding hydrogens is 775 g/mol. The van der Waals surface area contributed by atoms with Crippen LogP contribution in [0.1, 0.15) is 85.3 Å². The minimum atomic E-state index is -0.863. The van der Waals surface area contributed by atoms with Crippen molar-refractivity contribution in [1.29, 1.82) is 0 Å². The Hall–Kier alpha value is -4.53. The minimum Gasteiger partial charge on any atom is -0.399 e. The number of nitrogens with two attached hydrogens (primary N) is 1. The van der Waals surface area contributed by atoms with Crippen molar-refractivity contribution in [2.24, 2.45) is 23.7 Å². The highest BCUT2D eigenvalue weighted by atomic mass is 16.5. The Labute approximate surface area is 365 Å². The molecule has 5 amide bonds. The first kappa shape index (κ1) is 50.8. The van der Waals surface area contributed by atoms with E-state index in [1.165, 1.54) is 0 Å². The number of carbonyl (C=O) groups excluding carboxylic acids is 5. The van der Waals surface area contributed by atoms with E-state index in [2.05, 4.69) is 16.0 Å². The highest BCUT2D eigenvalue weighted by molar-refractivity contribution is 5.90. The lowest BCUT2D eigenvalue weighted by molar-refractivity contribution is -0.148. The third-order valence-corrected chi connectivity index (χ3v) is 12.3. The van der Waals surface area contributed by atoms with Gasteiger partial charge in [0.2, 0.25) is 29.5 Å². The van der Waals surface area contributed by atoms with Crippen molar-refractivity contribution in [3.8, 4) is 0 Å². The molecule has 2 aromatic rings. The summed E-state index contributed by atoms with van der Waals surface area (Å²) < 4.78 is 12.1. The van der Waals surface area contributed by atoms with Gasteiger partial charge >= 0.3 is 0 Å². The van der Waals surface area contributed by atoms with Crippen molar-refractivity contribution in [2.45, 2.75) is 130 Å². The molecule has 61 heavy (non-hydrogen) atoms. The minimum absolute atomic E-state index is 0.00127. The fraction of sp³-hybridized carbons (Fsp3) is 0.638. The summed E-state index contributed by atoms with van der Waals surface area (Å²) in [5.74, 6) is -2.22. The molecule has 3 rings (SSSR count). The number of nitrogen functional groups attached to an aromatic ring is 1. The lowest BCUT2D eigenvalue weighted by atomic mass is 9.89. The second-order valence-electron chi connectivity index (χ2n) is 17.7. The van der Waals surface area contributed by atoms with Crippen LogP contribution in [-0.4, -0.2) is 129 Å². The van der Waals surface area contributed by atoms with Crippen LogP contribution in [-0.2, 0) is 46.4 Å². The number of likely N-dealkylation sites (tertiary alicyclic amines) is 1. The van der Waals surface area contributed by atoms with Crippen LogP contribution in [0.5, 0.6) is 0 Å². The predicted octanol–water partition coefficient (Wildman–Crippen LogP) is 4.26. The Bertz CT molecular complexity index is 1700. The molecule has 340 valence electrons. The molecule has 14 nitrogen and oxygen atoms in total. The molecule has 9 atom stereocenters. The number of carbonyl (C=O) groups is 5. The van der Waals surface area contributed by atoms with E-state index in [1.54, 1.807) is 50.1 Å². The largest absolute Gasteiger partial charge is 0.399 e. The molecule has 0 radical (unpaired) electrons. The summed E-state index contributed by atoms with van der Waals surface area (Å²) in [6.45, 7) is 14.4. The highest BCUT2D eigenvalue weighted by Gasteiger charge is 2.43. The van der Waals surface area contributed by atoms with E-state index in [0.717, 1.165) is 24.0 Å². The Balaban J connectivity index is 1.79.